The Bertz CT molecular complexity index is 289. The molecule has 0 unspecified atom stereocenters. The van der Waals surface area contributed by atoms with Gasteiger partial charge in [0, 0.05) is 11.0 Å². The molecule has 0 aliphatic carbocycles. The molecule has 0 saturated heterocycles. The Morgan fingerprint density at radius 3 is 2.86 bits per heavy atom. The third-order valence-corrected chi connectivity index (χ3v) is 2.87. The molecular weight excluding hydrogens is 292 g/mol. The Kier molecular flexibility index (Phi) is 5.40. The largest absolute Gasteiger partial charge is 0.313 e. The van der Waals surface area contributed by atoms with Crippen molar-refractivity contribution >= 4 is 22.6 Å². The van der Waals surface area contributed by atoms with Crippen LogP contribution in [0.25, 0.3) is 0 Å². The van der Waals surface area contributed by atoms with Gasteiger partial charge in [-0.25, -0.2) is 4.39 Å². The zero-order chi connectivity index (χ0) is 10.4. The lowest BCUT2D eigenvalue weighted by atomic mass is 10.1. The number of nitrogens with one attached hydrogen (secondary N) is 1. The van der Waals surface area contributed by atoms with Gasteiger partial charge in [0.15, 0.2) is 0 Å². The molecule has 14 heavy (non-hydrogen) atoms. The summed E-state index contributed by atoms with van der Waals surface area (Å²) in [5, 5.41) is 3.34. The van der Waals surface area contributed by atoms with E-state index in [1.807, 2.05) is 13.0 Å². The van der Waals surface area contributed by atoms with Gasteiger partial charge in [0.2, 0.25) is 0 Å². The lowest BCUT2D eigenvalue weighted by Crippen LogP contribution is -2.15. The van der Waals surface area contributed by atoms with Crippen LogP contribution in [0.4, 0.5) is 4.39 Å². The standard InChI is InChI=1S/C11H15FIN/c1-9-7-11(12)4-3-10(9)8-14-6-2-5-13/h3-4,7,14H,2,5-6,8H2,1H3. The van der Waals surface area contributed by atoms with Gasteiger partial charge in [-0.05, 0) is 43.1 Å². The van der Waals surface area contributed by atoms with Crippen molar-refractivity contribution in [3.63, 3.8) is 0 Å². The molecule has 0 atom stereocenters. The van der Waals surface area contributed by atoms with Crippen LogP contribution >= 0.6 is 22.6 Å². The fourth-order valence-electron chi connectivity index (χ4n) is 1.27. The van der Waals surface area contributed by atoms with E-state index in [-0.39, 0.29) is 5.82 Å². The van der Waals surface area contributed by atoms with Crippen molar-refractivity contribution in [2.45, 2.75) is 19.9 Å². The molecule has 0 fully saturated rings. The molecule has 1 nitrogen and oxygen atoms in total. The van der Waals surface area contributed by atoms with Crippen molar-refractivity contribution in [3.05, 3.63) is 35.1 Å². The number of halogens is 2. The Morgan fingerprint density at radius 2 is 2.21 bits per heavy atom. The first-order valence-corrected chi connectivity index (χ1v) is 6.28. The number of alkyl halides is 1. The summed E-state index contributed by atoms with van der Waals surface area (Å²) in [7, 11) is 0. The maximum atomic E-state index is 12.8. The van der Waals surface area contributed by atoms with Crippen molar-refractivity contribution in [1.82, 2.24) is 5.32 Å². The van der Waals surface area contributed by atoms with Crippen molar-refractivity contribution < 1.29 is 4.39 Å². The second-order valence-electron chi connectivity index (χ2n) is 3.29. The van der Waals surface area contributed by atoms with Gasteiger partial charge in [0.05, 0.1) is 0 Å². The summed E-state index contributed by atoms with van der Waals surface area (Å²) in [6.45, 7) is 3.81. The quantitative estimate of drug-likeness (QED) is 0.501. The smallest absolute Gasteiger partial charge is 0.123 e. The summed E-state index contributed by atoms with van der Waals surface area (Å²) in [5.41, 5.74) is 2.20. The number of benzene rings is 1. The zero-order valence-corrected chi connectivity index (χ0v) is 10.5. The van der Waals surface area contributed by atoms with Gasteiger partial charge in [0.25, 0.3) is 0 Å². The molecule has 0 aliphatic rings. The molecule has 0 bridgehead atoms. The van der Waals surface area contributed by atoms with Crippen molar-refractivity contribution in [2.24, 2.45) is 0 Å². The molecular formula is C11H15FIN. The molecule has 1 aromatic rings. The molecule has 0 aromatic heterocycles. The van der Waals surface area contributed by atoms with Gasteiger partial charge in [-0.1, -0.05) is 28.7 Å². The van der Waals surface area contributed by atoms with Gasteiger partial charge < -0.3 is 5.32 Å². The Morgan fingerprint density at radius 1 is 1.43 bits per heavy atom. The molecule has 0 radical (unpaired) electrons. The monoisotopic (exact) mass is 307 g/mol. The third kappa shape index (κ3) is 3.92. The van der Waals surface area contributed by atoms with E-state index in [1.54, 1.807) is 6.07 Å². The summed E-state index contributed by atoms with van der Waals surface area (Å²) >= 11 is 2.36. The summed E-state index contributed by atoms with van der Waals surface area (Å²) in [6, 6.07) is 4.94. The van der Waals surface area contributed by atoms with Crippen LogP contribution < -0.4 is 5.32 Å². The Labute approximate surface area is 98.2 Å². The Hall–Kier alpha value is -0.160. The highest BCUT2D eigenvalue weighted by Gasteiger charge is 1.98. The van der Waals surface area contributed by atoms with Crippen LogP contribution in [-0.2, 0) is 6.54 Å². The van der Waals surface area contributed by atoms with E-state index in [0.29, 0.717) is 0 Å². The van der Waals surface area contributed by atoms with Crippen LogP contribution in [0.1, 0.15) is 17.5 Å². The summed E-state index contributed by atoms with van der Waals surface area (Å²) in [5.74, 6) is -0.154. The molecule has 0 spiro atoms. The van der Waals surface area contributed by atoms with Crippen LogP contribution in [0.5, 0.6) is 0 Å². The summed E-state index contributed by atoms with van der Waals surface area (Å²) in [6.07, 6.45) is 1.18. The molecule has 0 aliphatic heterocycles. The second-order valence-corrected chi connectivity index (χ2v) is 4.37. The maximum absolute atomic E-state index is 12.8. The molecule has 78 valence electrons. The van der Waals surface area contributed by atoms with E-state index < -0.39 is 0 Å². The van der Waals surface area contributed by atoms with Crippen LogP contribution in [-0.4, -0.2) is 11.0 Å². The first-order chi connectivity index (χ1) is 6.74. The van der Waals surface area contributed by atoms with E-state index in [4.69, 9.17) is 0 Å². The Balaban J connectivity index is 2.42. The summed E-state index contributed by atoms with van der Waals surface area (Å²) < 4.78 is 13.9. The predicted molar refractivity (Wildman–Crippen MR) is 66.3 cm³/mol. The zero-order valence-electron chi connectivity index (χ0n) is 8.32. The van der Waals surface area contributed by atoms with Crippen molar-refractivity contribution in [3.8, 4) is 0 Å². The van der Waals surface area contributed by atoms with Gasteiger partial charge in [0.1, 0.15) is 5.82 Å². The van der Waals surface area contributed by atoms with Gasteiger partial charge >= 0.3 is 0 Å². The number of hydrogen-bond acceptors (Lipinski definition) is 1. The SMILES string of the molecule is Cc1cc(F)ccc1CNCCCI. The normalized spacial score (nSPS) is 10.5. The third-order valence-electron chi connectivity index (χ3n) is 2.11. The predicted octanol–water partition coefficient (Wildman–Crippen LogP) is 3.05. The van der Waals surface area contributed by atoms with Gasteiger partial charge in [-0.15, -0.1) is 0 Å². The highest BCUT2D eigenvalue weighted by atomic mass is 127. The molecule has 1 rings (SSSR count). The minimum absolute atomic E-state index is 0.154. The number of aryl methyl sites for hydroxylation is 1. The van der Waals surface area contributed by atoms with Crippen LogP contribution in [0.2, 0.25) is 0 Å². The van der Waals surface area contributed by atoms with Crippen molar-refractivity contribution in [1.29, 1.82) is 0 Å². The molecule has 3 heteroatoms. The average Bonchev–Trinajstić information content (AvgIpc) is 2.15. The average molecular weight is 307 g/mol. The molecule has 0 saturated carbocycles. The van der Waals surface area contributed by atoms with E-state index in [1.165, 1.54) is 22.5 Å². The fourth-order valence-corrected chi connectivity index (χ4v) is 1.65. The van der Waals surface area contributed by atoms with E-state index >= 15 is 0 Å². The lowest BCUT2D eigenvalue weighted by molar-refractivity contribution is 0.622. The van der Waals surface area contributed by atoms with E-state index in [2.05, 4.69) is 27.9 Å². The van der Waals surface area contributed by atoms with Gasteiger partial charge in [-0.2, -0.15) is 0 Å². The number of rotatable bonds is 5. The number of hydrogen-bond donors (Lipinski definition) is 1. The highest BCUT2D eigenvalue weighted by Crippen LogP contribution is 2.09. The summed E-state index contributed by atoms with van der Waals surface area (Å²) in [4.78, 5) is 0. The fraction of sp³-hybridized carbons (Fsp3) is 0.455. The first kappa shape index (κ1) is 11.9. The van der Waals surface area contributed by atoms with Gasteiger partial charge in [-0.3, -0.25) is 0 Å². The molecule has 0 amide bonds. The minimum Gasteiger partial charge on any atom is -0.313 e. The van der Waals surface area contributed by atoms with Crippen molar-refractivity contribution in [2.75, 3.05) is 11.0 Å². The topological polar surface area (TPSA) is 12.0 Å². The molecule has 1 aromatic carbocycles. The highest BCUT2D eigenvalue weighted by molar-refractivity contribution is 14.1. The van der Waals surface area contributed by atoms with Crippen LogP contribution in [0.15, 0.2) is 18.2 Å². The minimum atomic E-state index is -0.154. The maximum Gasteiger partial charge on any atom is 0.123 e. The van der Waals surface area contributed by atoms with Crippen LogP contribution in [0.3, 0.4) is 0 Å². The van der Waals surface area contributed by atoms with E-state index in [0.717, 1.165) is 18.7 Å². The molecule has 1 N–H and O–H groups in total. The van der Waals surface area contributed by atoms with E-state index in [9.17, 15) is 4.39 Å². The first-order valence-electron chi connectivity index (χ1n) is 4.75. The second kappa shape index (κ2) is 6.35. The van der Waals surface area contributed by atoms with Crippen LogP contribution in [0, 0.1) is 12.7 Å². The lowest BCUT2D eigenvalue weighted by Gasteiger charge is -2.06. The molecule has 0 heterocycles.